The van der Waals surface area contributed by atoms with Crippen molar-refractivity contribution in [2.24, 2.45) is 0 Å². The highest BCUT2D eigenvalue weighted by Gasteiger charge is 2.46. The highest BCUT2D eigenvalue weighted by Crippen LogP contribution is 2.48. The van der Waals surface area contributed by atoms with Crippen LogP contribution in [0.1, 0.15) is 11.1 Å². The first-order valence-corrected chi connectivity index (χ1v) is 14.4. The third kappa shape index (κ3) is 4.39. The van der Waals surface area contributed by atoms with Gasteiger partial charge in [0.1, 0.15) is 0 Å². The molecule has 194 valence electrons. The molecule has 0 bridgehead atoms. The predicted molar refractivity (Wildman–Crippen MR) is 149 cm³/mol. The molecule has 0 aliphatic carbocycles. The van der Waals surface area contributed by atoms with Gasteiger partial charge in [0.15, 0.2) is 11.5 Å². The molecule has 4 aromatic carbocycles. The summed E-state index contributed by atoms with van der Waals surface area (Å²) in [6.07, 6.45) is 0. The van der Waals surface area contributed by atoms with E-state index in [1.54, 1.807) is 30.3 Å². The number of nitrogens with zero attached hydrogens (tertiary/aromatic N) is 2. The molecule has 0 N–H and O–H groups in total. The van der Waals surface area contributed by atoms with Crippen molar-refractivity contribution in [3.63, 3.8) is 0 Å². The summed E-state index contributed by atoms with van der Waals surface area (Å²) in [5.41, 5.74) is 2.46. The topological polar surface area (TPSA) is 59.1 Å². The fourth-order valence-corrected chi connectivity index (χ4v) is 6.88. The molecule has 6 rings (SSSR count). The largest absolute Gasteiger partial charge is 0.440 e. The third-order valence-corrected chi connectivity index (χ3v) is 9.29. The molecule has 2 aliphatic rings. The van der Waals surface area contributed by atoms with Crippen molar-refractivity contribution in [3.05, 3.63) is 118 Å². The molecule has 0 spiro atoms. The lowest BCUT2D eigenvalue weighted by Gasteiger charge is -2.35. The van der Waals surface area contributed by atoms with Crippen molar-refractivity contribution in [1.29, 1.82) is 0 Å². The number of hydrogen-bond donors (Lipinski definition) is 0. The molecule has 9 heteroatoms. The number of piperazine rings is 1. The third-order valence-electron chi connectivity index (χ3n) is 6.86. The summed E-state index contributed by atoms with van der Waals surface area (Å²) in [6.45, 7) is 1.67. The van der Waals surface area contributed by atoms with Gasteiger partial charge in [0.05, 0.1) is 15.6 Å². The van der Waals surface area contributed by atoms with E-state index in [1.807, 2.05) is 66.7 Å². The second kappa shape index (κ2) is 9.82. The Kier molecular flexibility index (Phi) is 6.48. The SMILES string of the molecule is O=S(=O)(c1ccc2c(c1)OC(c1ccccc1)(c1ccccc1)O2)N1CCN(c2ccc(Cl)cc2Cl)CC1. The first kappa shape index (κ1) is 25.1. The number of hydrogen-bond acceptors (Lipinski definition) is 5. The molecule has 6 nitrogen and oxygen atoms in total. The molecule has 2 aliphatic heterocycles. The Morgan fingerprint density at radius 1 is 0.684 bits per heavy atom. The standard InChI is InChI=1S/C29H24Cl2N2O4S/c30-23-11-13-26(25(31)19-23)32-15-17-33(18-16-32)38(34,35)24-12-14-27-28(20-24)37-29(36-27,21-7-3-1-4-8-21)22-9-5-2-6-10-22/h1-14,19-20H,15-18H2. The zero-order valence-corrected chi connectivity index (χ0v) is 22.6. The number of halogens is 2. The number of ether oxygens (including phenoxy) is 2. The lowest BCUT2D eigenvalue weighted by atomic mass is 9.97. The zero-order valence-electron chi connectivity index (χ0n) is 20.3. The smallest absolute Gasteiger partial charge is 0.305 e. The van der Waals surface area contributed by atoms with Crippen LogP contribution in [0.3, 0.4) is 0 Å². The summed E-state index contributed by atoms with van der Waals surface area (Å²) < 4.78 is 41.6. The minimum absolute atomic E-state index is 0.162. The van der Waals surface area contributed by atoms with Gasteiger partial charge in [0.25, 0.3) is 0 Å². The second-order valence-electron chi connectivity index (χ2n) is 9.15. The van der Waals surface area contributed by atoms with Crippen LogP contribution in [0, 0.1) is 0 Å². The minimum Gasteiger partial charge on any atom is -0.440 e. The van der Waals surface area contributed by atoms with Gasteiger partial charge in [-0.3, -0.25) is 0 Å². The van der Waals surface area contributed by atoms with Gasteiger partial charge in [0, 0.05) is 48.4 Å². The van der Waals surface area contributed by atoms with Crippen molar-refractivity contribution < 1.29 is 17.9 Å². The maximum Gasteiger partial charge on any atom is 0.305 e. The first-order chi connectivity index (χ1) is 18.4. The molecule has 0 radical (unpaired) electrons. The number of anilines is 1. The van der Waals surface area contributed by atoms with E-state index in [1.165, 1.54) is 4.31 Å². The van der Waals surface area contributed by atoms with E-state index in [-0.39, 0.29) is 4.90 Å². The Balaban J connectivity index is 1.26. The molecular formula is C29H24Cl2N2O4S. The predicted octanol–water partition coefficient (Wildman–Crippen LogP) is 6.18. The average molecular weight is 567 g/mol. The molecule has 0 aromatic heterocycles. The molecule has 38 heavy (non-hydrogen) atoms. The normalized spacial score (nSPS) is 16.9. The van der Waals surface area contributed by atoms with Crippen molar-refractivity contribution in [2.75, 3.05) is 31.1 Å². The molecular weight excluding hydrogens is 543 g/mol. The molecule has 1 saturated heterocycles. The van der Waals surface area contributed by atoms with Gasteiger partial charge in [-0.2, -0.15) is 4.31 Å². The van der Waals surface area contributed by atoms with Crippen LogP contribution in [0.4, 0.5) is 5.69 Å². The summed E-state index contributed by atoms with van der Waals surface area (Å²) in [6, 6.07) is 29.4. The molecule has 0 atom stereocenters. The van der Waals surface area contributed by atoms with E-state index in [0.717, 1.165) is 16.8 Å². The highest BCUT2D eigenvalue weighted by atomic mass is 35.5. The summed E-state index contributed by atoms with van der Waals surface area (Å²) in [5, 5.41) is 1.11. The first-order valence-electron chi connectivity index (χ1n) is 12.2. The van der Waals surface area contributed by atoms with Crippen molar-refractivity contribution in [1.82, 2.24) is 4.31 Å². The summed E-state index contributed by atoms with van der Waals surface area (Å²) in [7, 11) is -3.76. The fourth-order valence-electron chi connectivity index (χ4n) is 4.92. The van der Waals surface area contributed by atoms with E-state index in [0.29, 0.717) is 47.7 Å². The minimum atomic E-state index is -3.76. The molecule has 0 unspecified atom stereocenters. The van der Waals surface area contributed by atoms with Crippen molar-refractivity contribution in [2.45, 2.75) is 10.7 Å². The van der Waals surface area contributed by atoms with Crippen LogP contribution in [0.2, 0.25) is 10.0 Å². The van der Waals surface area contributed by atoms with E-state index >= 15 is 0 Å². The summed E-state index contributed by atoms with van der Waals surface area (Å²) in [4.78, 5) is 2.23. The highest BCUT2D eigenvalue weighted by molar-refractivity contribution is 7.89. The lowest BCUT2D eigenvalue weighted by molar-refractivity contribution is -0.0459. The number of benzene rings is 4. The maximum atomic E-state index is 13.6. The van der Waals surface area contributed by atoms with Gasteiger partial charge in [0.2, 0.25) is 10.0 Å². The van der Waals surface area contributed by atoms with Crippen LogP contribution in [0.5, 0.6) is 11.5 Å². The van der Waals surface area contributed by atoms with E-state index in [4.69, 9.17) is 32.7 Å². The second-order valence-corrected chi connectivity index (χ2v) is 11.9. The van der Waals surface area contributed by atoms with Gasteiger partial charge in [-0.25, -0.2) is 8.42 Å². The molecule has 4 aromatic rings. The quantitative estimate of drug-likeness (QED) is 0.289. The molecule has 0 saturated carbocycles. The Bertz CT molecular complexity index is 1540. The van der Waals surface area contributed by atoms with E-state index < -0.39 is 15.8 Å². The summed E-state index contributed by atoms with van der Waals surface area (Å²) >= 11 is 12.4. The van der Waals surface area contributed by atoms with Gasteiger partial charge >= 0.3 is 5.79 Å². The molecule has 2 heterocycles. The summed E-state index contributed by atoms with van der Waals surface area (Å²) in [5.74, 6) is -0.347. The molecule has 1 fully saturated rings. The number of fused-ring (bicyclic) bond motifs is 1. The maximum absolute atomic E-state index is 13.6. The Morgan fingerprint density at radius 3 is 1.89 bits per heavy atom. The van der Waals surface area contributed by atoms with Crippen molar-refractivity contribution >= 4 is 38.9 Å². The monoisotopic (exact) mass is 566 g/mol. The van der Waals surface area contributed by atoms with Crippen LogP contribution in [-0.2, 0) is 15.8 Å². The van der Waals surface area contributed by atoms with Gasteiger partial charge in [-0.15, -0.1) is 0 Å². The average Bonchev–Trinajstić information content (AvgIpc) is 3.34. The Hall–Kier alpha value is -3.23. The van der Waals surface area contributed by atoms with Crippen LogP contribution >= 0.6 is 23.2 Å². The van der Waals surface area contributed by atoms with Crippen LogP contribution in [0.15, 0.2) is 102 Å². The molecule has 0 amide bonds. The number of sulfonamides is 1. The van der Waals surface area contributed by atoms with Gasteiger partial charge < -0.3 is 14.4 Å². The van der Waals surface area contributed by atoms with E-state index in [2.05, 4.69) is 4.90 Å². The lowest BCUT2D eigenvalue weighted by Crippen LogP contribution is -2.48. The van der Waals surface area contributed by atoms with Crippen LogP contribution in [-0.4, -0.2) is 38.9 Å². The van der Waals surface area contributed by atoms with Crippen LogP contribution in [0.25, 0.3) is 0 Å². The number of rotatable bonds is 5. The van der Waals surface area contributed by atoms with Gasteiger partial charge in [-0.1, -0.05) is 83.9 Å². The van der Waals surface area contributed by atoms with Gasteiger partial charge in [-0.05, 0) is 30.3 Å². The van der Waals surface area contributed by atoms with E-state index in [9.17, 15) is 8.42 Å². The Morgan fingerprint density at radius 2 is 1.29 bits per heavy atom. The zero-order chi connectivity index (χ0) is 26.3. The van der Waals surface area contributed by atoms with Crippen LogP contribution < -0.4 is 14.4 Å². The Labute approximate surface area is 232 Å². The fraction of sp³-hybridized carbons (Fsp3) is 0.172. The van der Waals surface area contributed by atoms with Crippen molar-refractivity contribution in [3.8, 4) is 11.5 Å².